The maximum Gasteiger partial charge on any atom is 0.330 e. The number of nitrogens with one attached hydrogen (secondary N) is 2. The lowest BCUT2D eigenvalue weighted by Crippen LogP contribution is -2.44. The molecule has 0 saturated carbocycles. The summed E-state index contributed by atoms with van der Waals surface area (Å²) in [6.45, 7) is 3.58. The average molecular weight is 742 g/mol. The first kappa shape index (κ1) is 34.9. The number of hydrogen-bond acceptors (Lipinski definition) is 8. The Morgan fingerprint density at radius 3 is 2.49 bits per heavy atom. The minimum Gasteiger partial charge on any atom is -0.481 e. The van der Waals surface area contributed by atoms with Crippen molar-refractivity contribution >= 4 is 39.9 Å². The van der Waals surface area contributed by atoms with Crippen LogP contribution in [0.25, 0.3) is 33.3 Å². The summed E-state index contributed by atoms with van der Waals surface area (Å²) in [6, 6.07) is 14.5. The summed E-state index contributed by atoms with van der Waals surface area (Å²) in [5, 5.41) is 6.84. The van der Waals surface area contributed by atoms with E-state index in [0.717, 1.165) is 87.4 Å². The van der Waals surface area contributed by atoms with Gasteiger partial charge in [-0.2, -0.15) is 0 Å². The molecule has 2 fully saturated rings. The molecule has 1 aliphatic carbocycles. The number of aryl methyl sites for hydroxylation is 2. The number of methoxy groups -OCH3 is 1. The van der Waals surface area contributed by atoms with E-state index in [4.69, 9.17) is 21.3 Å². The second-order valence-corrected chi connectivity index (χ2v) is 14.6. The zero-order valence-corrected chi connectivity index (χ0v) is 30.5. The van der Waals surface area contributed by atoms with Gasteiger partial charge in [0.2, 0.25) is 11.8 Å². The van der Waals surface area contributed by atoms with Crippen molar-refractivity contribution in [1.29, 1.82) is 0 Å². The standard InChI is InChI=1S/C39H38ClF2N7O4/c1-20-22(7-6-10-25(20)43-35-32-29(18-27(44-35)34(41)42)47(2)38(52)48(3)37(32)51)23-8-5-9-24(33(23)40)26-17-21-11-12-28(31(21)36(45-26)53-4)49-16-15-39(19-49)14-13-30(50)46-39/h5-10,17-18,28,34H,11-16,19H2,1-4H3,(H,43,44)(H,46,50)/t28-,39+/m1/s1. The van der Waals surface area contributed by atoms with E-state index in [9.17, 15) is 23.2 Å². The van der Waals surface area contributed by atoms with Gasteiger partial charge < -0.3 is 15.4 Å². The fourth-order valence-corrected chi connectivity index (χ4v) is 8.75. The summed E-state index contributed by atoms with van der Waals surface area (Å²) >= 11 is 7.21. The molecule has 1 spiro atoms. The van der Waals surface area contributed by atoms with Crippen LogP contribution < -0.4 is 26.6 Å². The third-order valence-electron chi connectivity index (χ3n) is 11.2. The fourth-order valence-electron chi connectivity index (χ4n) is 8.43. The summed E-state index contributed by atoms with van der Waals surface area (Å²) in [6.07, 6.45) is 1.24. The lowest BCUT2D eigenvalue weighted by atomic mass is 9.96. The van der Waals surface area contributed by atoms with E-state index < -0.39 is 23.4 Å². The predicted octanol–water partition coefficient (Wildman–Crippen LogP) is 6.35. The van der Waals surface area contributed by atoms with Crippen molar-refractivity contribution in [2.45, 2.75) is 57.0 Å². The quantitative estimate of drug-likeness (QED) is 0.198. The van der Waals surface area contributed by atoms with E-state index in [1.165, 1.54) is 14.1 Å². The molecule has 5 aromatic rings. The Morgan fingerprint density at radius 2 is 1.75 bits per heavy atom. The van der Waals surface area contributed by atoms with Gasteiger partial charge in [-0.1, -0.05) is 41.9 Å². The SMILES string of the molecule is COc1nc(-c2cccc(-c3cccc(Nc4nc(C(F)F)cc5c4c(=O)n(C)c(=O)n5C)c3C)c2Cl)cc2c1[C@H](N1CC[C@@]3(CCC(=O)N3)C1)CC2. The van der Waals surface area contributed by atoms with Gasteiger partial charge >= 0.3 is 5.69 Å². The number of nitrogens with zero attached hydrogens (tertiary/aromatic N) is 5. The molecule has 1 amide bonds. The zero-order chi connectivity index (χ0) is 37.3. The molecule has 274 valence electrons. The summed E-state index contributed by atoms with van der Waals surface area (Å²) in [5.41, 5.74) is 4.45. The average Bonchev–Trinajstić information content (AvgIpc) is 3.87. The monoisotopic (exact) mass is 741 g/mol. The van der Waals surface area contributed by atoms with E-state index in [0.29, 0.717) is 28.7 Å². The van der Waals surface area contributed by atoms with Crippen molar-refractivity contribution in [3.63, 3.8) is 0 Å². The van der Waals surface area contributed by atoms with Gasteiger partial charge in [0.1, 0.15) is 16.9 Å². The number of alkyl halides is 2. The number of carbonyl (C=O) groups is 1. The summed E-state index contributed by atoms with van der Waals surface area (Å²) in [4.78, 5) is 49.5. The van der Waals surface area contributed by atoms with Crippen molar-refractivity contribution in [3.05, 3.63) is 96.8 Å². The van der Waals surface area contributed by atoms with Crippen LogP contribution in [-0.4, -0.2) is 55.6 Å². The molecule has 53 heavy (non-hydrogen) atoms. The highest BCUT2D eigenvalue weighted by molar-refractivity contribution is 6.36. The molecular weight excluding hydrogens is 704 g/mol. The van der Waals surface area contributed by atoms with Crippen molar-refractivity contribution in [2.75, 3.05) is 25.5 Å². The Hall–Kier alpha value is -5.14. The number of pyridine rings is 2. The van der Waals surface area contributed by atoms with Gasteiger partial charge in [0.15, 0.2) is 0 Å². The maximum absolute atomic E-state index is 14.0. The smallest absolute Gasteiger partial charge is 0.330 e. The third kappa shape index (κ3) is 5.77. The third-order valence-corrected chi connectivity index (χ3v) is 11.6. The number of aromatic nitrogens is 4. The minimum atomic E-state index is -2.93. The molecule has 2 aromatic carbocycles. The van der Waals surface area contributed by atoms with Gasteiger partial charge in [-0.15, -0.1) is 0 Å². The van der Waals surface area contributed by atoms with Crippen molar-refractivity contribution in [2.24, 2.45) is 14.1 Å². The molecular formula is C39H38ClF2N7O4. The minimum absolute atomic E-state index is 0.0113. The molecule has 2 atom stereocenters. The molecule has 2 aliphatic heterocycles. The highest BCUT2D eigenvalue weighted by Crippen LogP contribution is 2.47. The van der Waals surface area contributed by atoms with Crippen LogP contribution in [-0.2, 0) is 25.3 Å². The molecule has 0 unspecified atom stereocenters. The Labute approximate surface area is 308 Å². The second kappa shape index (κ2) is 13.1. The van der Waals surface area contributed by atoms with E-state index in [1.54, 1.807) is 19.2 Å². The van der Waals surface area contributed by atoms with Gasteiger partial charge in [0, 0.05) is 62.0 Å². The highest BCUT2D eigenvalue weighted by atomic mass is 35.5. The first-order valence-electron chi connectivity index (χ1n) is 17.6. The van der Waals surface area contributed by atoms with Crippen LogP contribution >= 0.6 is 11.6 Å². The maximum atomic E-state index is 14.0. The number of benzene rings is 2. The zero-order valence-electron chi connectivity index (χ0n) is 29.7. The fraction of sp³-hybridized carbons (Fsp3) is 0.359. The number of likely N-dealkylation sites (tertiary alicyclic amines) is 1. The first-order chi connectivity index (χ1) is 25.4. The van der Waals surface area contributed by atoms with Gasteiger partial charge in [0.25, 0.3) is 12.0 Å². The molecule has 0 radical (unpaired) electrons. The molecule has 2 saturated heterocycles. The van der Waals surface area contributed by atoms with Gasteiger partial charge in [-0.25, -0.2) is 23.5 Å². The molecule has 2 N–H and O–H groups in total. The molecule has 11 nitrogen and oxygen atoms in total. The van der Waals surface area contributed by atoms with Crippen LogP contribution in [0.2, 0.25) is 5.02 Å². The highest BCUT2D eigenvalue weighted by Gasteiger charge is 2.46. The van der Waals surface area contributed by atoms with E-state index in [2.05, 4.69) is 26.6 Å². The number of carbonyl (C=O) groups excluding carboxylic acids is 1. The number of fused-ring (bicyclic) bond motifs is 2. The van der Waals surface area contributed by atoms with Crippen LogP contribution in [0, 0.1) is 6.92 Å². The summed E-state index contributed by atoms with van der Waals surface area (Å²) in [5.74, 6) is 0.611. The Morgan fingerprint density at radius 1 is 1.00 bits per heavy atom. The topological polar surface area (TPSA) is 123 Å². The molecule has 8 rings (SSSR count). The van der Waals surface area contributed by atoms with Gasteiger partial charge in [-0.3, -0.25) is 23.6 Å². The van der Waals surface area contributed by atoms with E-state index in [1.807, 2.05) is 31.2 Å². The molecule has 3 aliphatic rings. The van der Waals surface area contributed by atoms with Crippen molar-refractivity contribution in [1.82, 2.24) is 29.3 Å². The second-order valence-electron chi connectivity index (χ2n) is 14.3. The van der Waals surface area contributed by atoms with Crippen LogP contribution in [0.1, 0.15) is 60.5 Å². The number of rotatable bonds is 7. The van der Waals surface area contributed by atoms with Crippen LogP contribution in [0.15, 0.2) is 58.1 Å². The normalized spacial score (nSPS) is 19.8. The molecule has 14 heteroatoms. The van der Waals surface area contributed by atoms with E-state index >= 15 is 0 Å². The largest absolute Gasteiger partial charge is 0.481 e. The summed E-state index contributed by atoms with van der Waals surface area (Å²) in [7, 11) is 4.39. The molecule has 3 aromatic heterocycles. The van der Waals surface area contributed by atoms with Crippen LogP contribution in [0.5, 0.6) is 5.88 Å². The number of halogens is 3. The number of anilines is 2. The number of hydrogen-bond donors (Lipinski definition) is 2. The van der Waals surface area contributed by atoms with Gasteiger partial charge in [0.05, 0.1) is 28.9 Å². The predicted molar refractivity (Wildman–Crippen MR) is 199 cm³/mol. The lowest BCUT2D eigenvalue weighted by molar-refractivity contribution is -0.119. The molecule has 0 bridgehead atoms. The summed E-state index contributed by atoms with van der Waals surface area (Å²) < 4.78 is 36.0. The lowest BCUT2D eigenvalue weighted by Gasteiger charge is -2.28. The van der Waals surface area contributed by atoms with Gasteiger partial charge in [-0.05, 0) is 67.5 Å². The Balaban J connectivity index is 1.15. The Bertz CT molecular complexity index is 2470. The van der Waals surface area contributed by atoms with Crippen LogP contribution in [0.3, 0.4) is 0 Å². The van der Waals surface area contributed by atoms with Crippen LogP contribution in [0.4, 0.5) is 20.3 Å². The van der Waals surface area contributed by atoms with Crippen molar-refractivity contribution < 1.29 is 18.3 Å². The number of amides is 1. The number of ether oxygens (including phenoxy) is 1. The molecule has 5 heterocycles. The van der Waals surface area contributed by atoms with Crippen molar-refractivity contribution in [3.8, 4) is 28.3 Å². The Kier molecular flexibility index (Phi) is 8.61. The first-order valence-corrected chi connectivity index (χ1v) is 17.9. The van der Waals surface area contributed by atoms with E-state index in [-0.39, 0.29) is 34.2 Å².